The van der Waals surface area contributed by atoms with Gasteiger partial charge in [0.1, 0.15) is 42.2 Å². The summed E-state index contributed by atoms with van der Waals surface area (Å²) in [4.78, 5) is 67.5. The van der Waals surface area contributed by atoms with Gasteiger partial charge in [0.25, 0.3) is 0 Å². The highest BCUT2D eigenvalue weighted by molar-refractivity contribution is 5.94. The number of ketones is 1. The number of aliphatic hydroxyl groups excluding tert-OH is 1. The lowest BCUT2D eigenvalue weighted by atomic mass is 9.40. The van der Waals surface area contributed by atoms with Crippen LogP contribution < -0.4 is 0 Å². The summed E-state index contributed by atoms with van der Waals surface area (Å²) in [6.07, 6.45) is -6.72. The van der Waals surface area contributed by atoms with Crippen LogP contribution in [-0.2, 0) is 52.4 Å². The van der Waals surface area contributed by atoms with Gasteiger partial charge < -0.3 is 43.7 Å². The first-order valence-corrected chi connectivity index (χ1v) is 18.3. The van der Waals surface area contributed by atoms with Gasteiger partial charge in [-0.15, -0.1) is 0 Å². The summed E-state index contributed by atoms with van der Waals surface area (Å²) in [6.45, 7) is 14.8. The average Bonchev–Trinajstić information content (AvgIpc) is 3.91. The summed E-state index contributed by atoms with van der Waals surface area (Å²) in [5.74, 6) is -9.61. The molecular weight excluding hydrogens is 668 g/mol. The molecule has 282 valence electrons. The fourth-order valence-electron chi connectivity index (χ4n) is 13.1. The van der Waals surface area contributed by atoms with E-state index < -0.39 is 141 Å². The van der Waals surface area contributed by atoms with Crippen molar-refractivity contribution in [3.05, 3.63) is 0 Å². The first kappa shape index (κ1) is 35.4. The van der Waals surface area contributed by atoms with Crippen LogP contribution in [0.15, 0.2) is 0 Å². The van der Waals surface area contributed by atoms with E-state index in [2.05, 4.69) is 0 Å². The maximum Gasteiger partial charge on any atom is 0.341 e. The maximum absolute atomic E-state index is 14.6. The van der Waals surface area contributed by atoms with Crippen molar-refractivity contribution >= 4 is 29.7 Å². The minimum Gasteiger partial charge on any atom is -0.462 e. The van der Waals surface area contributed by atoms with Crippen molar-refractivity contribution in [1.29, 1.82) is 0 Å². The second-order valence-corrected chi connectivity index (χ2v) is 18.1. The van der Waals surface area contributed by atoms with Crippen molar-refractivity contribution in [2.75, 3.05) is 0 Å². The summed E-state index contributed by atoms with van der Waals surface area (Å²) < 4.78 is 36.7. The number of aliphatic hydroxyl groups is 3. The third kappa shape index (κ3) is 3.93. The topological polar surface area (TPSA) is 208 Å². The van der Waals surface area contributed by atoms with Crippen LogP contribution in [0.1, 0.15) is 81.6 Å². The van der Waals surface area contributed by atoms with E-state index in [4.69, 9.17) is 28.4 Å². The number of fused-ring (bicyclic) bond motifs is 9. The molecule has 0 bridgehead atoms. The van der Waals surface area contributed by atoms with Gasteiger partial charge in [-0.25, -0.2) is 4.79 Å². The summed E-state index contributed by atoms with van der Waals surface area (Å²) in [6, 6.07) is 0. The number of rotatable bonds is 5. The summed E-state index contributed by atoms with van der Waals surface area (Å²) in [5, 5.41) is 36.8. The van der Waals surface area contributed by atoms with E-state index in [1.165, 1.54) is 20.8 Å². The largest absolute Gasteiger partial charge is 0.462 e. The quantitative estimate of drug-likeness (QED) is 0.208. The Labute approximate surface area is 296 Å². The van der Waals surface area contributed by atoms with Gasteiger partial charge in [0.15, 0.2) is 11.4 Å². The Bertz CT molecular complexity index is 1620. The van der Waals surface area contributed by atoms with Gasteiger partial charge in [0.2, 0.25) is 5.79 Å². The number of carbonyl (C=O) groups is 5. The first-order valence-electron chi connectivity index (χ1n) is 18.3. The van der Waals surface area contributed by atoms with Gasteiger partial charge in [0, 0.05) is 55.3 Å². The zero-order valence-electron chi connectivity index (χ0n) is 30.5. The maximum atomic E-state index is 14.6. The van der Waals surface area contributed by atoms with Crippen LogP contribution in [0, 0.1) is 57.7 Å². The molecule has 0 amide bonds. The van der Waals surface area contributed by atoms with E-state index in [-0.39, 0.29) is 25.2 Å². The molecule has 14 heteroatoms. The SMILES string of the molecule is CC(=O)O[C@@H]1[C@H]2[C@@H]3[C@@H](O)C(=O)[C@@]4(O)C[C@@H]5O[C@@H]5[C@H](OC(=O)CC(C)C)[C@]4(C)[C@H]3C[C@H](OC(C)=O)[C@]2(C)[C@H]2[C@H](C)[C@@H]3O[C@@]34OC(=O)[C@@](C)(O)[C@]4(C)[C@H]12. The van der Waals surface area contributed by atoms with Gasteiger partial charge in [-0.3, -0.25) is 19.2 Å². The van der Waals surface area contributed by atoms with Crippen molar-refractivity contribution in [3.8, 4) is 0 Å². The Hall–Kier alpha value is -2.65. The number of ether oxygens (including phenoxy) is 6. The highest BCUT2D eigenvalue weighted by Gasteiger charge is 2.93. The van der Waals surface area contributed by atoms with Crippen LogP contribution in [0.3, 0.4) is 0 Å². The second-order valence-electron chi connectivity index (χ2n) is 18.1. The predicted octanol–water partition coefficient (Wildman–Crippen LogP) is 1.22. The van der Waals surface area contributed by atoms with Crippen LogP contribution in [0.25, 0.3) is 0 Å². The van der Waals surface area contributed by atoms with Gasteiger partial charge >= 0.3 is 23.9 Å². The molecule has 0 aromatic rings. The Morgan fingerprint density at radius 3 is 2.22 bits per heavy atom. The standard InChI is InChI=1S/C37H50O14/c1-13(2)10-20(40)49-30-26-18(48-26)12-36(45)28(42)25(41)21-17(33(30,36)7)11-19(46-15(4)38)32(6)22-14(3)29-37(50-29)34(8,35(9,44)31(43)51-37)24(22)27(23(21)32)47-16(5)39/h13-14,17-19,21-27,29-30,41,44-45H,10-12H2,1-9H3/t14-,17-,18-,19-,21+,22-,23+,24-,25+,26-,27+,29-,30-,32+,33-,34-,35+,36-,37+/m0/s1. The fraction of sp³-hybridized carbons (Fsp3) is 0.865. The molecule has 8 fully saturated rings. The van der Waals surface area contributed by atoms with Crippen molar-refractivity contribution in [3.63, 3.8) is 0 Å². The summed E-state index contributed by atoms with van der Waals surface area (Å²) >= 11 is 0. The smallest absolute Gasteiger partial charge is 0.341 e. The molecule has 5 aliphatic carbocycles. The van der Waals surface area contributed by atoms with Crippen molar-refractivity contribution in [2.45, 2.75) is 141 Å². The predicted molar refractivity (Wildman–Crippen MR) is 170 cm³/mol. The second kappa shape index (κ2) is 10.3. The van der Waals surface area contributed by atoms with Crippen LogP contribution in [0.2, 0.25) is 0 Å². The van der Waals surface area contributed by atoms with Crippen molar-refractivity contribution in [2.24, 2.45) is 57.7 Å². The lowest BCUT2D eigenvalue weighted by molar-refractivity contribution is -0.268. The molecule has 14 nitrogen and oxygen atoms in total. The fourth-order valence-corrected chi connectivity index (χ4v) is 13.1. The molecule has 3 aliphatic heterocycles. The molecule has 0 aromatic heterocycles. The molecule has 8 rings (SSSR count). The average molecular weight is 719 g/mol. The van der Waals surface area contributed by atoms with Gasteiger partial charge in [-0.2, -0.15) is 0 Å². The molecule has 5 saturated carbocycles. The minimum atomic E-state index is -2.18. The molecule has 0 radical (unpaired) electrons. The molecule has 3 N–H and O–H groups in total. The Morgan fingerprint density at radius 1 is 0.961 bits per heavy atom. The number of hydrogen-bond acceptors (Lipinski definition) is 14. The third-order valence-corrected chi connectivity index (χ3v) is 15.4. The Balaban J connectivity index is 1.34. The molecule has 3 saturated heterocycles. The molecule has 51 heavy (non-hydrogen) atoms. The first-order chi connectivity index (χ1) is 23.5. The van der Waals surface area contributed by atoms with Crippen LogP contribution >= 0.6 is 0 Å². The van der Waals surface area contributed by atoms with Crippen molar-refractivity contribution < 1.29 is 67.7 Å². The zero-order valence-corrected chi connectivity index (χ0v) is 30.5. The van der Waals surface area contributed by atoms with Crippen molar-refractivity contribution in [1.82, 2.24) is 0 Å². The zero-order chi connectivity index (χ0) is 37.3. The number of carbonyl (C=O) groups excluding carboxylic acids is 5. The Kier molecular flexibility index (Phi) is 7.15. The highest BCUT2D eigenvalue weighted by atomic mass is 16.8. The minimum absolute atomic E-state index is 0.0354. The van der Waals surface area contributed by atoms with E-state index in [9.17, 15) is 39.3 Å². The molecule has 19 atom stereocenters. The number of hydrogen-bond donors (Lipinski definition) is 3. The molecule has 1 spiro atoms. The van der Waals surface area contributed by atoms with Crippen LogP contribution in [0.4, 0.5) is 0 Å². The van der Waals surface area contributed by atoms with Gasteiger partial charge in [-0.05, 0) is 43.9 Å². The number of esters is 4. The molecular formula is C37H50O14. The van der Waals surface area contributed by atoms with Gasteiger partial charge in [0.05, 0.1) is 11.5 Å². The normalized spacial score (nSPS) is 56.9. The number of epoxide rings is 2. The molecule has 3 heterocycles. The lowest BCUT2D eigenvalue weighted by Gasteiger charge is -2.65. The third-order valence-electron chi connectivity index (χ3n) is 15.4. The van der Waals surface area contributed by atoms with Gasteiger partial charge in [-0.1, -0.05) is 34.6 Å². The monoisotopic (exact) mass is 718 g/mol. The van der Waals surface area contributed by atoms with Crippen LogP contribution in [0.5, 0.6) is 0 Å². The van der Waals surface area contributed by atoms with E-state index >= 15 is 0 Å². The number of Topliss-reactive ketones (excluding diaryl/α,β-unsaturated/α-hetero) is 1. The highest BCUT2D eigenvalue weighted by Crippen LogP contribution is 2.81. The van der Waals surface area contributed by atoms with E-state index in [1.54, 1.807) is 13.8 Å². The van der Waals surface area contributed by atoms with E-state index in [0.29, 0.717) is 0 Å². The van der Waals surface area contributed by atoms with E-state index in [1.807, 2.05) is 27.7 Å². The lowest BCUT2D eigenvalue weighted by Crippen LogP contribution is -2.77. The van der Waals surface area contributed by atoms with E-state index in [0.717, 1.165) is 0 Å². The summed E-state index contributed by atoms with van der Waals surface area (Å²) in [5.41, 5.74) is -8.44. The molecule has 0 unspecified atom stereocenters. The molecule has 0 aromatic carbocycles. The molecule has 8 aliphatic rings. The van der Waals surface area contributed by atoms with Crippen LogP contribution in [-0.4, -0.2) is 105 Å². The summed E-state index contributed by atoms with van der Waals surface area (Å²) in [7, 11) is 0. The Morgan fingerprint density at radius 2 is 1.61 bits per heavy atom.